The maximum Gasteiger partial charge on any atom is 0.115 e. The van der Waals surface area contributed by atoms with Gasteiger partial charge in [0.25, 0.3) is 0 Å². The molecule has 0 bridgehead atoms. The number of rotatable bonds is 3. The molecule has 2 rings (SSSR count). The molecule has 0 heterocycles. The summed E-state index contributed by atoms with van der Waals surface area (Å²) in [4.78, 5) is 0. The Balaban J connectivity index is 2.05. The quantitative estimate of drug-likeness (QED) is 0.784. The van der Waals surface area contributed by atoms with Gasteiger partial charge in [0.1, 0.15) is 5.75 Å². The van der Waals surface area contributed by atoms with Crippen LogP contribution in [-0.2, 0) is 6.54 Å². The molecule has 2 aromatic rings. The first-order valence-corrected chi connectivity index (χ1v) is 5.36. The van der Waals surface area contributed by atoms with Gasteiger partial charge >= 0.3 is 0 Å². The molecule has 2 aromatic carbocycles. The topological polar surface area (TPSA) is 32.3 Å². The SMILES string of the molecule is C#Cc1cccc(NCc2cccc(O)c2)c1. The fraction of sp³-hybridized carbons (Fsp3) is 0.0667. The van der Waals surface area contributed by atoms with Gasteiger partial charge < -0.3 is 10.4 Å². The molecule has 0 spiro atoms. The number of hydrogen-bond donors (Lipinski definition) is 2. The van der Waals surface area contributed by atoms with Crippen LogP contribution in [0.25, 0.3) is 0 Å². The van der Waals surface area contributed by atoms with E-state index in [-0.39, 0.29) is 5.75 Å². The van der Waals surface area contributed by atoms with E-state index in [2.05, 4.69) is 11.2 Å². The van der Waals surface area contributed by atoms with E-state index in [9.17, 15) is 5.11 Å². The molecule has 0 aliphatic rings. The van der Waals surface area contributed by atoms with Gasteiger partial charge in [-0.2, -0.15) is 0 Å². The third-order valence-electron chi connectivity index (χ3n) is 2.44. The molecular weight excluding hydrogens is 210 g/mol. The number of anilines is 1. The van der Waals surface area contributed by atoms with E-state index >= 15 is 0 Å². The lowest BCUT2D eigenvalue weighted by Gasteiger charge is -2.07. The molecule has 2 heteroatoms. The number of nitrogens with one attached hydrogen (secondary N) is 1. The molecule has 0 fully saturated rings. The molecule has 17 heavy (non-hydrogen) atoms. The van der Waals surface area contributed by atoms with Crippen molar-refractivity contribution in [2.24, 2.45) is 0 Å². The van der Waals surface area contributed by atoms with Crippen molar-refractivity contribution < 1.29 is 5.11 Å². The van der Waals surface area contributed by atoms with Crippen LogP contribution in [-0.4, -0.2) is 5.11 Å². The molecule has 0 amide bonds. The highest BCUT2D eigenvalue weighted by molar-refractivity contribution is 5.50. The number of phenols is 1. The number of hydrogen-bond acceptors (Lipinski definition) is 2. The molecule has 0 saturated heterocycles. The first-order valence-electron chi connectivity index (χ1n) is 5.36. The van der Waals surface area contributed by atoms with Crippen molar-refractivity contribution in [2.45, 2.75) is 6.54 Å². The normalized spacial score (nSPS) is 9.59. The van der Waals surface area contributed by atoms with E-state index in [0.717, 1.165) is 16.8 Å². The van der Waals surface area contributed by atoms with E-state index in [0.29, 0.717) is 6.54 Å². The molecule has 0 radical (unpaired) electrons. The monoisotopic (exact) mass is 223 g/mol. The van der Waals surface area contributed by atoms with Gasteiger partial charge in [-0.3, -0.25) is 0 Å². The molecule has 0 unspecified atom stereocenters. The van der Waals surface area contributed by atoms with Crippen LogP contribution in [0.3, 0.4) is 0 Å². The second-order valence-electron chi connectivity index (χ2n) is 3.75. The van der Waals surface area contributed by atoms with Crippen LogP contribution in [0.4, 0.5) is 5.69 Å². The Labute approximate surface area is 101 Å². The predicted octanol–water partition coefficient (Wildman–Crippen LogP) is 2.99. The highest BCUT2D eigenvalue weighted by atomic mass is 16.3. The second kappa shape index (κ2) is 5.09. The lowest BCUT2D eigenvalue weighted by molar-refractivity contribution is 0.474. The van der Waals surface area contributed by atoms with Crippen LogP contribution in [0.15, 0.2) is 48.5 Å². The summed E-state index contributed by atoms with van der Waals surface area (Å²) in [5.41, 5.74) is 2.85. The van der Waals surface area contributed by atoms with Crippen LogP contribution >= 0.6 is 0 Å². The van der Waals surface area contributed by atoms with Crippen LogP contribution in [0.2, 0.25) is 0 Å². The summed E-state index contributed by atoms with van der Waals surface area (Å²) in [5, 5.41) is 12.6. The maximum absolute atomic E-state index is 9.34. The third-order valence-corrected chi connectivity index (χ3v) is 2.44. The molecule has 0 aliphatic carbocycles. The minimum absolute atomic E-state index is 0.279. The number of aromatic hydroxyl groups is 1. The Morgan fingerprint density at radius 3 is 2.71 bits per heavy atom. The van der Waals surface area contributed by atoms with E-state index in [1.165, 1.54) is 0 Å². The zero-order valence-electron chi connectivity index (χ0n) is 9.35. The van der Waals surface area contributed by atoms with Gasteiger partial charge in [0.05, 0.1) is 0 Å². The first-order chi connectivity index (χ1) is 8.28. The molecule has 0 aromatic heterocycles. The van der Waals surface area contributed by atoms with Crippen molar-refractivity contribution in [1.82, 2.24) is 0 Å². The number of benzene rings is 2. The first kappa shape index (κ1) is 11.1. The molecular formula is C15H13NO. The molecule has 0 aliphatic heterocycles. The fourth-order valence-corrected chi connectivity index (χ4v) is 1.59. The average Bonchev–Trinajstić information content (AvgIpc) is 2.37. The third kappa shape index (κ3) is 3.02. The van der Waals surface area contributed by atoms with Gasteiger partial charge in [-0.05, 0) is 35.9 Å². The second-order valence-corrected chi connectivity index (χ2v) is 3.75. The van der Waals surface area contributed by atoms with Gasteiger partial charge in [0, 0.05) is 17.8 Å². The Morgan fingerprint density at radius 1 is 1.12 bits per heavy atom. The molecule has 2 N–H and O–H groups in total. The Morgan fingerprint density at radius 2 is 1.94 bits per heavy atom. The zero-order chi connectivity index (χ0) is 12.1. The van der Waals surface area contributed by atoms with Crippen LogP contribution in [0.1, 0.15) is 11.1 Å². The molecule has 2 nitrogen and oxygen atoms in total. The van der Waals surface area contributed by atoms with Crippen molar-refractivity contribution in [1.29, 1.82) is 0 Å². The molecule has 0 saturated carbocycles. The largest absolute Gasteiger partial charge is 0.508 e. The van der Waals surface area contributed by atoms with Crippen molar-refractivity contribution in [3.8, 4) is 18.1 Å². The number of terminal acetylenes is 1. The summed E-state index contributed by atoms with van der Waals surface area (Å²) >= 11 is 0. The van der Waals surface area contributed by atoms with Crippen molar-refractivity contribution >= 4 is 5.69 Å². The van der Waals surface area contributed by atoms with E-state index < -0.39 is 0 Å². The average molecular weight is 223 g/mol. The van der Waals surface area contributed by atoms with Gasteiger partial charge in [-0.1, -0.05) is 24.1 Å². The van der Waals surface area contributed by atoms with Crippen molar-refractivity contribution in [3.63, 3.8) is 0 Å². The van der Waals surface area contributed by atoms with Gasteiger partial charge in [-0.15, -0.1) is 6.42 Å². The summed E-state index contributed by atoms with van der Waals surface area (Å²) in [6, 6.07) is 14.9. The van der Waals surface area contributed by atoms with Crippen LogP contribution in [0, 0.1) is 12.3 Å². The number of phenolic OH excluding ortho intramolecular Hbond substituents is 1. The Bertz CT molecular complexity index is 555. The van der Waals surface area contributed by atoms with Gasteiger partial charge in [0.15, 0.2) is 0 Å². The lowest BCUT2D eigenvalue weighted by atomic mass is 10.2. The van der Waals surface area contributed by atoms with Gasteiger partial charge in [0.2, 0.25) is 0 Å². The zero-order valence-corrected chi connectivity index (χ0v) is 9.35. The fourth-order valence-electron chi connectivity index (χ4n) is 1.59. The Hall–Kier alpha value is -2.40. The summed E-state index contributed by atoms with van der Waals surface area (Å²) in [6.45, 7) is 0.655. The summed E-state index contributed by atoms with van der Waals surface area (Å²) in [7, 11) is 0. The van der Waals surface area contributed by atoms with Crippen molar-refractivity contribution in [3.05, 3.63) is 59.7 Å². The lowest BCUT2D eigenvalue weighted by Crippen LogP contribution is -1.99. The predicted molar refractivity (Wildman–Crippen MR) is 69.8 cm³/mol. The van der Waals surface area contributed by atoms with Crippen LogP contribution < -0.4 is 5.32 Å². The highest BCUT2D eigenvalue weighted by Gasteiger charge is 1.96. The van der Waals surface area contributed by atoms with Crippen LogP contribution in [0.5, 0.6) is 5.75 Å². The summed E-state index contributed by atoms with van der Waals surface area (Å²) in [6.07, 6.45) is 5.34. The summed E-state index contributed by atoms with van der Waals surface area (Å²) in [5.74, 6) is 2.87. The maximum atomic E-state index is 9.34. The minimum atomic E-state index is 0.279. The molecule has 0 atom stereocenters. The van der Waals surface area contributed by atoms with E-state index in [1.54, 1.807) is 12.1 Å². The van der Waals surface area contributed by atoms with Gasteiger partial charge in [-0.25, -0.2) is 0 Å². The highest BCUT2D eigenvalue weighted by Crippen LogP contribution is 2.14. The standard InChI is InChI=1S/C15H13NO/c1-2-12-5-3-7-14(9-12)16-11-13-6-4-8-15(17)10-13/h1,3-10,16-17H,11H2. The van der Waals surface area contributed by atoms with E-state index in [1.807, 2.05) is 36.4 Å². The minimum Gasteiger partial charge on any atom is -0.508 e. The van der Waals surface area contributed by atoms with Crippen molar-refractivity contribution in [2.75, 3.05) is 5.32 Å². The van der Waals surface area contributed by atoms with E-state index in [4.69, 9.17) is 6.42 Å². The molecule has 84 valence electrons. The Kier molecular flexibility index (Phi) is 3.32. The smallest absolute Gasteiger partial charge is 0.115 e. The summed E-state index contributed by atoms with van der Waals surface area (Å²) < 4.78 is 0.